The molecule has 0 heterocycles. The molecule has 0 spiro atoms. The summed E-state index contributed by atoms with van der Waals surface area (Å²) in [6.45, 7) is 2.25. The predicted molar refractivity (Wildman–Crippen MR) is 91.2 cm³/mol. The molecule has 0 radical (unpaired) electrons. The lowest BCUT2D eigenvalue weighted by atomic mass is 9.79. The second kappa shape index (κ2) is 8.82. The number of nitrogens with one attached hydrogen (secondary N) is 1. The van der Waals surface area contributed by atoms with Gasteiger partial charge in [0.05, 0.1) is 12.8 Å². The average Bonchev–Trinajstić information content (AvgIpc) is 2.56. The van der Waals surface area contributed by atoms with Gasteiger partial charge in [0.25, 0.3) is 0 Å². The summed E-state index contributed by atoms with van der Waals surface area (Å²) in [6.07, 6.45) is 9.77. The molecular formula is C19H29NO2. The first-order chi connectivity index (χ1) is 10.7. The summed E-state index contributed by atoms with van der Waals surface area (Å²) in [5, 5.41) is 3.03. The molecule has 1 aromatic rings. The maximum absolute atomic E-state index is 12.4. The maximum Gasteiger partial charge on any atom is 0.227 e. The average molecular weight is 303 g/mol. The van der Waals surface area contributed by atoms with Gasteiger partial charge in [0, 0.05) is 5.92 Å². The number of hydrogen-bond donors (Lipinski definition) is 1. The molecule has 0 aromatic heterocycles. The normalized spacial score (nSPS) is 21.4. The van der Waals surface area contributed by atoms with Crippen LogP contribution < -0.4 is 10.1 Å². The highest BCUT2D eigenvalue weighted by Crippen LogP contribution is 2.33. The van der Waals surface area contributed by atoms with Crippen LogP contribution in [-0.4, -0.2) is 13.0 Å². The molecule has 1 amide bonds. The zero-order valence-electron chi connectivity index (χ0n) is 13.9. The molecule has 1 fully saturated rings. The minimum atomic E-state index is 0.150. The Morgan fingerprint density at radius 1 is 1.18 bits per heavy atom. The molecule has 0 aliphatic heterocycles. The lowest BCUT2D eigenvalue weighted by Crippen LogP contribution is -2.27. The van der Waals surface area contributed by atoms with Crippen LogP contribution in [0, 0.1) is 11.8 Å². The molecule has 1 N–H and O–H groups in total. The Balaban J connectivity index is 1.80. The summed E-state index contributed by atoms with van der Waals surface area (Å²) < 4.78 is 5.29. The molecule has 2 rings (SSSR count). The number of hydrogen-bond acceptors (Lipinski definition) is 2. The van der Waals surface area contributed by atoms with E-state index in [1.807, 2.05) is 24.3 Å². The summed E-state index contributed by atoms with van der Waals surface area (Å²) >= 11 is 0. The van der Waals surface area contributed by atoms with E-state index in [0.717, 1.165) is 30.2 Å². The van der Waals surface area contributed by atoms with Crippen LogP contribution in [0.1, 0.15) is 58.3 Å². The van der Waals surface area contributed by atoms with Gasteiger partial charge < -0.3 is 10.1 Å². The van der Waals surface area contributed by atoms with Gasteiger partial charge >= 0.3 is 0 Å². The molecule has 1 aliphatic rings. The summed E-state index contributed by atoms with van der Waals surface area (Å²) in [5.74, 6) is 1.87. The van der Waals surface area contributed by atoms with Gasteiger partial charge in [-0.25, -0.2) is 0 Å². The summed E-state index contributed by atoms with van der Waals surface area (Å²) in [7, 11) is 1.63. The van der Waals surface area contributed by atoms with E-state index in [2.05, 4.69) is 12.2 Å². The van der Waals surface area contributed by atoms with Crippen molar-refractivity contribution in [3.63, 3.8) is 0 Å². The fourth-order valence-corrected chi connectivity index (χ4v) is 3.38. The first-order valence-electron chi connectivity index (χ1n) is 8.68. The van der Waals surface area contributed by atoms with Gasteiger partial charge in [-0.15, -0.1) is 0 Å². The molecule has 122 valence electrons. The first-order valence-corrected chi connectivity index (χ1v) is 8.68. The number of methoxy groups -OCH3 is 1. The second-order valence-corrected chi connectivity index (χ2v) is 6.40. The van der Waals surface area contributed by atoms with E-state index in [0.29, 0.717) is 0 Å². The summed E-state index contributed by atoms with van der Waals surface area (Å²) in [5.41, 5.74) is 0.778. The zero-order valence-corrected chi connectivity index (χ0v) is 13.9. The van der Waals surface area contributed by atoms with E-state index < -0.39 is 0 Å². The molecule has 1 saturated carbocycles. The number of amides is 1. The molecule has 1 aliphatic carbocycles. The fraction of sp³-hybridized carbons (Fsp3) is 0.632. The molecule has 0 bridgehead atoms. The fourth-order valence-electron chi connectivity index (χ4n) is 3.38. The molecule has 3 nitrogen and oxygen atoms in total. The molecule has 3 heteroatoms. The van der Waals surface area contributed by atoms with Crippen LogP contribution in [0.25, 0.3) is 0 Å². The van der Waals surface area contributed by atoms with Crippen LogP contribution in [-0.2, 0) is 4.79 Å². The van der Waals surface area contributed by atoms with Crippen molar-refractivity contribution in [2.24, 2.45) is 11.8 Å². The van der Waals surface area contributed by atoms with Crippen molar-refractivity contribution in [1.82, 2.24) is 0 Å². The third-order valence-electron chi connectivity index (χ3n) is 4.80. The molecule has 0 saturated heterocycles. The Morgan fingerprint density at radius 3 is 2.59 bits per heavy atom. The van der Waals surface area contributed by atoms with Crippen LogP contribution in [0.2, 0.25) is 0 Å². The maximum atomic E-state index is 12.4. The van der Waals surface area contributed by atoms with Gasteiger partial charge in [-0.2, -0.15) is 0 Å². The minimum Gasteiger partial charge on any atom is -0.495 e. The number of benzene rings is 1. The number of carbonyl (C=O) groups excluding carboxylic acids is 1. The van der Waals surface area contributed by atoms with Crippen LogP contribution in [0.15, 0.2) is 24.3 Å². The van der Waals surface area contributed by atoms with E-state index in [1.54, 1.807) is 7.11 Å². The molecule has 1 aromatic carbocycles. The quantitative estimate of drug-likeness (QED) is 0.718. The van der Waals surface area contributed by atoms with Gasteiger partial charge in [0.2, 0.25) is 5.91 Å². The lowest BCUT2D eigenvalue weighted by Gasteiger charge is -2.28. The van der Waals surface area contributed by atoms with Gasteiger partial charge in [-0.3, -0.25) is 4.79 Å². The third kappa shape index (κ3) is 4.75. The van der Waals surface area contributed by atoms with Crippen molar-refractivity contribution in [2.45, 2.75) is 58.3 Å². The van der Waals surface area contributed by atoms with Crippen LogP contribution in [0.3, 0.4) is 0 Å². The number of unbranched alkanes of at least 4 members (excludes halogenated alkanes) is 2. The van der Waals surface area contributed by atoms with Crippen molar-refractivity contribution in [2.75, 3.05) is 12.4 Å². The van der Waals surface area contributed by atoms with Gasteiger partial charge in [0.15, 0.2) is 0 Å². The van der Waals surface area contributed by atoms with Crippen LogP contribution in [0.4, 0.5) is 5.69 Å². The van der Waals surface area contributed by atoms with Crippen molar-refractivity contribution < 1.29 is 9.53 Å². The van der Waals surface area contributed by atoms with E-state index >= 15 is 0 Å². The number of anilines is 1. The Hall–Kier alpha value is -1.51. The topological polar surface area (TPSA) is 38.3 Å². The molecular weight excluding hydrogens is 274 g/mol. The predicted octanol–water partition coefficient (Wildman–Crippen LogP) is 5.02. The number of carbonyl (C=O) groups is 1. The van der Waals surface area contributed by atoms with Crippen molar-refractivity contribution in [3.8, 4) is 5.75 Å². The number of ether oxygens (including phenoxy) is 1. The van der Waals surface area contributed by atoms with Gasteiger partial charge in [0.1, 0.15) is 5.75 Å². The van der Waals surface area contributed by atoms with E-state index in [9.17, 15) is 4.79 Å². The van der Waals surface area contributed by atoms with Gasteiger partial charge in [-0.1, -0.05) is 44.7 Å². The highest BCUT2D eigenvalue weighted by molar-refractivity contribution is 5.93. The molecule has 22 heavy (non-hydrogen) atoms. The minimum absolute atomic E-state index is 0.150. The monoisotopic (exact) mass is 303 g/mol. The SMILES string of the molecule is CCCCCC1CCC(C(=O)Nc2ccccc2OC)CC1. The standard InChI is InChI=1S/C19H29NO2/c1-3-4-5-8-15-11-13-16(14-12-15)19(21)20-17-9-6-7-10-18(17)22-2/h6-7,9-10,15-16H,3-5,8,11-14H2,1-2H3,(H,20,21). The highest BCUT2D eigenvalue weighted by atomic mass is 16.5. The van der Waals surface area contributed by atoms with Crippen LogP contribution in [0.5, 0.6) is 5.75 Å². The molecule has 0 atom stereocenters. The van der Waals surface area contributed by atoms with E-state index in [-0.39, 0.29) is 11.8 Å². The number of para-hydroxylation sites is 2. The summed E-state index contributed by atoms with van der Waals surface area (Å²) in [4.78, 5) is 12.4. The zero-order chi connectivity index (χ0) is 15.8. The molecule has 0 unspecified atom stereocenters. The van der Waals surface area contributed by atoms with Crippen molar-refractivity contribution in [3.05, 3.63) is 24.3 Å². The Bertz CT molecular complexity index is 464. The Kier molecular flexibility index (Phi) is 6.75. The van der Waals surface area contributed by atoms with Crippen molar-refractivity contribution in [1.29, 1.82) is 0 Å². The van der Waals surface area contributed by atoms with E-state index in [4.69, 9.17) is 4.74 Å². The Labute approximate surface area is 134 Å². The van der Waals surface area contributed by atoms with Crippen molar-refractivity contribution >= 4 is 11.6 Å². The van der Waals surface area contributed by atoms with Crippen LogP contribution >= 0.6 is 0 Å². The first kappa shape index (κ1) is 16.9. The number of rotatable bonds is 7. The summed E-state index contributed by atoms with van der Waals surface area (Å²) in [6, 6.07) is 7.60. The Morgan fingerprint density at radius 2 is 1.91 bits per heavy atom. The van der Waals surface area contributed by atoms with Gasteiger partial charge in [-0.05, 0) is 43.7 Å². The highest BCUT2D eigenvalue weighted by Gasteiger charge is 2.26. The van der Waals surface area contributed by atoms with E-state index in [1.165, 1.54) is 38.5 Å². The lowest BCUT2D eigenvalue weighted by molar-refractivity contribution is -0.121. The largest absolute Gasteiger partial charge is 0.495 e. The third-order valence-corrected chi connectivity index (χ3v) is 4.80. The smallest absolute Gasteiger partial charge is 0.227 e. The second-order valence-electron chi connectivity index (χ2n) is 6.40.